The minimum absolute atomic E-state index is 0.0591. The predicted molar refractivity (Wildman–Crippen MR) is 117 cm³/mol. The molecule has 0 aliphatic carbocycles. The maximum Gasteiger partial charge on any atom is 0.243 e. The largest absolute Gasteiger partial charge is 0.376 e. The Hall–Kier alpha value is -2.38. The minimum atomic E-state index is -3.51. The van der Waals surface area contributed by atoms with Gasteiger partial charge < -0.3 is 10.6 Å². The number of nitrogens with zero attached hydrogens (tertiary/aromatic N) is 1. The van der Waals surface area contributed by atoms with Crippen LogP contribution in [0.25, 0.3) is 0 Å². The van der Waals surface area contributed by atoms with Gasteiger partial charge in [-0.05, 0) is 55.2 Å². The molecule has 0 aromatic heterocycles. The molecule has 3 rings (SSSR count). The first-order valence-electron chi connectivity index (χ1n) is 10.2. The lowest BCUT2D eigenvalue weighted by Gasteiger charge is -2.20. The van der Waals surface area contributed by atoms with E-state index in [1.165, 1.54) is 0 Å². The normalized spacial score (nSPS) is 15.5. The topological polar surface area (TPSA) is 78.5 Å². The van der Waals surface area contributed by atoms with Gasteiger partial charge in [-0.3, -0.25) is 4.79 Å². The Morgan fingerprint density at radius 2 is 1.66 bits per heavy atom. The van der Waals surface area contributed by atoms with Crippen molar-refractivity contribution in [2.45, 2.75) is 43.9 Å². The molecule has 0 unspecified atom stereocenters. The van der Waals surface area contributed by atoms with Crippen molar-refractivity contribution in [2.24, 2.45) is 0 Å². The summed E-state index contributed by atoms with van der Waals surface area (Å²) in [6.07, 6.45) is 4.85. The van der Waals surface area contributed by atoms with Gasteiger partial charge in [-0.15, -0.1) is 0 Å². The van der Waals surface area contributed by atoms with E-state index in [0.29, 0.717) is 18.8 Å². The molecule has 1 amide bonds. The van der Waals surface area contributed by atoms with Crippen molar-refractivity contribution in [3.8, 4) is 0 Å². The average molecular weight is 416 g/mol. The van der Waals surface area contributed by atoms with Crippen molar-refractivity contribution in [3.63, 3.8) is 0 Å². The standard InChI is InChI=1S/C22H29N3O3S/c1-2-18-9-7-11-20(15-18)24-22(26)17-23-19-10-8-12-21(16-19)29(27,28)25-13-5-3-4-6-14-25/h7-12,15-16,23H,2-6,13-14,17H2,1H3,(H,24,26). The van der Waals surface area contributed by atoms with Crippen molar-refractivity contribution >= 4 is 27.3 Å². The lowest BCUT2D eigenvalue weighted by atomic mass is 10.1. The van der Waals surface area contributed by atoms with E-state index in [9.17, 15) is 13.2 Å². The Morgan fingerprint density at radius 1 is 0.966 bits per heavy atom. The first kappa shape index (κ1) is 21.3. The number of anilines is 2. The molecular formula is C22H29N3O3S. The van der Waals surface area contributed by atoms with E-state index in [4.69, 9.17) is 0 Å². The molecular weight excluding hydrogens is 386 g/mol. The van der Waals surface area contributed by atoms with Crippen LogP contribution in [0.3, 0.4) is 0 Å². The molecule has 1 heterocycles. The zero-order valence-electron chi connectivity index (χ0n) is 16.9. The third-order valence-electron chi connectivity index (χ3n) is 5.11. The Morgan fingerprint density at radius 3 is 2.38 bits per heavy atom. The third-order valence-corrected chi connectivity index (χ3v) is 7.00. The summed E-state index contributed by atoms with van der Waals surface area (Å²) in [5, 5.41) is 5.89. The van der Waals surface area contributed by atoms with Gasteiger partial charge in [0.05, 0.1) is 11.4 Å². The summed E-state index contributed by atoms with van der Waals surface area (Å²) in [4.78, 5) is 12.5. The Kier molecular flexibility index (Phi) is 7.28. The molecule has 1 fully saturated rings. The van der Waals surface area contributed by atoms with E-state index in [2.05, 4.69) is 17.6 Å². The molecule has 0 spiro atoms. The summed E-state index contributed by atoms with van der Waals surface area (Å²) in [6, 6.07) is 14.4. The number of benzene rings is 2. The second-order valence-electron chi connectivity index (χ2n) is 7.30. The van der Waals surface area contributed by atoms with Gasteiger partial charge in [0.1, 0.15) is 0 Å². The molecule has 1 aliphatic heterocycles. The van der Waals surface area contributed by atoms with Crippen LogP contribution < -0.4 is 10.6 Å². The highest BCUT2D eigenvalue weighted by Gasteiger charge is 2.25. The Labute approximate surface area is 173 Å². The van der Waals surface area contributed by atoms with Crippen LogP contribution in [0.5, 0.6) is 0 Å². The molecule has 7 heteroatoms. The molecule has 0 bridgehead atoms. The molecule has 29 heavy (non-hydrogen) atoms. The monoisotopic (exact) mass is 415 g/mol. The van der Waals surface area contributed by atoms with Gasteiger partial charge in [-0.2, -0.15) is 4.31 Å². The third kappa shape index (κ3) is 5.81. The number of hydrogen-bond acceptors (Lipinski definition) is 4. The molecule has 0 saturated carbocycles. The van der Waals surface area contributed by atoms with Crippen LogP contribution in [0.4, 0.5) is 11.4 Å². The number of carbonyl (C=O) groups is 1. The van der Waals surface area contributed by atoms with Crippen LogP contribution in [-0.4, -0.2) is 38.3 Å². The number of aryl methyl sites for hydroxylation is 1. The molecule has 2 aromatic carbocycles. The Bertz CT molecular complexity index is 936. The van der Waals surface area contributed by atoms with Gasteiger partial charge in [-0.25, -0.2) is 8.42 Å². The molecule has 0 radical (unpaired) electrons. The maximum atomic E-state index is 13.0. The highest BCUT2D eigenvalue weighted by Crippen LogP contribution is 2.22. The molecule has 1 aliphatic rings. The smallest absolute Gasteiger partial charge is 0.243 e. The van der Waals surface area contributed by atoms with Gasteiger partial charge >= 0.3 is 0 Å². The first-order chi connectivity index (χ1) is 14.0. The number of nitrogens with one attached hydrogen (secondary N) is 2. The van der Waals surface area contributed by atoms with Crippen molar-refractivity contribution < 1.29 is 13.2 Å². The number of carbonyl (C=O) groups excluding carboxylic acids is 1. The summed E-state index contributed by atoms with van der Waals surface area (Å²) >= 11 is 0. The summed E-state index contributed by atoms with van der Waals surface area (Å²) < 4.78 is 27.5. The van der Waals surface area contributed by atoms with Gasteiger partial charge in [0.2, 0.25) is 15.9 Å². The van der Waals surface area contributed by atoms with E-state index < -0.39 is 10.0 Å². The summed E-state index contributed by atoms with van der Waals surface area (Å²) in [5.74, 6) is -0.181. The molecule has 6 nitrogen and oxygen atoms in total. The summed E-state index contributed by atoms with van der Waals surface area (Å²) in [6.45, 7) is 3.26. The van der Waals surface area contributed by atoms with E-state index in [1.54, 1.807) is 28.6 Å². The lowest BCUT2D eigenvalue weighted by Crippen LogP contribution is -2.32. The second kappa shape index (κ2) is 9.89. The molecule has 0 atom stereocenters. The fraction of sp³-hybridized carbons (Fsp3) is 0.409. The van der Waals surface area contributed by atoms with Crippen LogP contribution in [0.15, 0.2) is 53.4 Å². The fourth-order valence-corrected chi connectivity index (χ4v) is 5.02. The molecule has 1 saturated heterocycles. The van der Waals surface area contributed by atoms with Gasteiger partial charge in [-0.1, -0.05) is 38.0 Å². The number of hydrogen-bond donors (Lipinski definition) is 2. The van der Waals surface area contributed by atoms with E-state index in [1.807, 2.05) is 24.3 Å². The van der Waals surface area contributed by atoms with Crippen molar-refractivity contribution in [1.29, 1.82) is 0 Å². The average Bonchev–Trinajstić information content (AvgIpc) is 3.03. The van der Waals surface area contributed by atoms with Crippen LogP contribution in [0.1, 0.15) is 38.2 Å². The van der Waals surface area contributed by atoms with Gasteiger partial charge in [0.25, 0.3) is 0 Å². The first-order valence-corrected chi connectivity index (χ1v) is 11.7. The highest BCUT2D eigenvalue weighted by atomic mass is 32.2. The highest BCUT2D eigenvalue weighted by molar-refractivity contribution is 7.89. The van der Waals surface area contributed by atoms with Gasteiger partial charge in [0, 0.05) is 24.5 Å². The van der Waals surface area contributed by atoms with Crippen LogP contribution >= 0.6 is 0 Å². The SMILES string of the molecule is CCc1cccc(NC(=O)CNc2cccc(S(=O)(=O)N3CCCCCC3)c2)c1. The molecule has 2 N–H and O–H groups in total. The lowest BCUT2D eigenvalue weighted by molar-refractivity contribution is -0.114. The maximum absolute atomic E-state index is 13.0. The van der Waals surface area contributed by atoms with E-state index in [-0.39, 0.29) is 17.3 Å². The molecule has 2 aromatic rings. The van der Waals surface area contributed by atoms with Crippen molar-refractivity contribution in [2.75, 3.05) is 30.3 Å². The number of rotatable bonds is 7. The van der Waals surface area contributed by atoms with Crippen LogP contribution in [-0.2, 0) is 21.2 Å². The van der Waals surface area contributed by atoms with Gasteiger partial charge in [0.15, 0.2) is 0 Å². The molecule has 156 valence electrons. The number of amides is 1. The van der Waals surface area contributed by atoms with E-state index >= 15 is 0 Å². The van der Waals surface area contributed by atoms with Crippen LogP contribution in [0.2, 0.25) is 0 Å². The Balaban J connectivity index is 1.62. The second-order valence-corrected chi connectivity index (χ2v) is 9.24. The quantitative estimate of drug-likeness (QED) is 0.720. The van der Waals surface area contributed by atoms with Crippen molar-refractivity contribution in [3.05, 3.63) is 54.1 Å². The van der Waals surface area contributed by atoms with E-state index in [0.717, 1.165) is 43.4 Å². The summed E-state index contributed by atoms with van der Waals surface area (Å²) in [5.41, 5.74) is 2.52. The summed E-state index contributed by atoms with van der Waals surface area (Å²) in [7, 11) is -3.51. The zero-order chi connectivity index (χ0) is 20.7. The minimum Gasteiger partial charge on any atom is -0.376 e. The fourth-order valence-electron chi connectivity index (χ4n) is 3.45. The van der Waals surface area contributed by atoms with Crippen LogP contribution in [0, 0.1) is 0 Å². The predicted octanol–water partition coefficient (Wildman–Crippen LogP) is 3.86. The number of sulfonamides is 1. The van der Waals surface area contributed by atoms with Crippen molar-refractivity contribution in [1.82, 2.24) is 4.31 Å². The zero-order valence-corrected chi connectivity index (χ0v) is 17.7.